The molecule has 0 bridgehead atoms. The van der Waals surface area contributed by atoms with Gasteiger partial charge in [-0.1, -0.05) is 6.92 Å². The lowest BCUT2D eigenvalue weighted by Crippen LogP contribution is -2.44. The molecule has 6 heteroatoms. The van der Waals surface area contributed by atoms with Crippen LogP contribution in [0.25, 0.3) is 0 Å². The molecule has 0 aliphatic heterocycles. The predicted octanol–water partition coefficient (Wildman–Crippen LogP) is 0.619. The van der Waals surface area contributed by atoms with Gasteiger partial charge in [-0.25, -0.2) is 13.1 Å². The van der Waals surface area contributed by atoms with E-state index < -0.39 is 10.0 Å². The van der Waals surface area contributed by atoms with Crippen LogP contribution in [0.5, 0.6) is 0 Å². The summed E-state index contributed by atoms with van der Waals surface area (Å²) >= 11 is 0. The zero-order chi connectivity index (χ0) is 13.3. The van der Waals surface area contributed by atoms with E-state index in [1.54, 1.807) is 0 Å². The molecule has 104 valence electrons. The van der Waals surface area contributed by atoms with Crippen molar-refractivity contribution in [3.8, 4) is 0 Å². The highest BCUT2D eigenvalue weighted by Gasteiger charge is 2.40. The molecule has 5 nitrogen and oxygen atoms in total. The number of hydrogen-bond donors (Lipinski definition) is 2. The van der Waals surface area contributed by atoms with Gasteiger partial charge in [-0.3, -0.25) is 4.79 Å². The molecule has 2 aliphatic rings. The molecule has 0 radical (unpaired) electrons. The van der Waals surface area contributed by atoms with Gasteiger partial charge in [0.1, 0.15) is 0 Å². The first-order chi connectivity index (χ1) is 8.35. The summed E-state index contributed by atoms with van der Waals surface area (Å²) in [5.41, 5.74) is 0. The molecule has 2 fully saturated rings. The lowest BCUT2D eigenvalue weighted by molar-refractivity contribution is -0.123. The van der Waals surface area contributed by atoms with Crippen molar-refractivity contribution in [2.24, 2.45) is 11.8 Å². The van der Waals surface area contributed by atoms with Crippen LogP contribution in [-0.4, -0.2) is 32.7 Å². The Labute approximate surface area is 109 Å². The van der Waals surface area contributed by atoms with E-state index in [1.165, 1.54) is 6.26 Å². The standard InChI is InChI=1S/C12H22N2O3S/c1-8-7-11(8)12(15)13-9-3-5-10(6-4-9)14-18(2,16)17/h8-11,14H,3-7H2,1-2H3,(H,13,15)/t8-,9?,10?,11+/m1/s1. The first-order valence-electron chi connectivity index (χ1n) is 6.63. The van der Waals surface area contributed by atoms with Gasteiger partial charge in [0.25, 0.3) is 0 Å². The number of sulfonamides is 1. The summed E-state index contributed by atoms with van der Waals surface area (Å²) in [6.45, 7) is 2.09. The topological polar surface area (TPSA) is 75.3 Å². The van der Waals surface area contributed by atoms with Gasteiger partial charge < -0.3 is 5.32 Å². The van der Waals surface area contributed by atoms with E-state index in [4.69, 9.17) is 0 Å². The number of carbonyl (C=O) groups is 1. The van der Waals surface area contributed by atoms with Gasteiger partial charge in [-0.2, -0.15) is 0 Å². The van der Waals surface area contributed by atoms with Crippen molar-refractivity contribution in [2.45, 2.75) is 51.1 Å². The van der Waals surface area contributed by atoms with E-state index in [9.17, 15) is 13.2 Å². The molecule has 0 heterocycles. The predicted molar refractivity (Wildman–Crippen MR) is 69.4 cm³/mol. The fraction of sp³-hybridized carbons (Fsp3) is 0.917. The van der Waals surface area contributed by atoms with Crippen LogP contribution in [0, 0.1) is 11.8 Å². The van der Waals surface area contributed by atoms with Crippen molar-refractivity contribution in [3.63, 3.8) is 0 Å². The molecular formula is C12H22N2O3S. The first-order valence-corrected chi connectivity index (χ1v) is 8.52. The first kappa shape index (κ1) is 13.8. The normalized spacial score (nSPS) is 36.1. The molecule has 0 aromatic carbocycles. The molecular weight excluding hydrogens is 252 g/mol. The average molecular weight is 274 g/mol. The van der Waals surface area contributed by atoms with Gasteiger partial charge in [0, 0.05) is 18.0 Å². The molecule has 0 spiro atoms. The number of hydrogen-bond acceptors (Lipinski definition) is 3. The molecule has 2 N–H and O–H groups in total. The fourth-order valence-electron chi connectivity index (χ4n) is 2.65. The number of carbonyl (C=O) groups excluding carboxylic acids is 1. The van der Waals surface area contributed by atoms with Crippen molar-refractivity contribution in [1.29, 1.82) is 0 Å². The Morgan fingerprint density at radius 1 is 1.11 bits per heavy atom. The minimum absolute atomic E-state index is 0.0352. The third-order valence-corrected chi connectivity index (χ3v) is 4.66. The van der Waals surface area contributed by atoms with Gasteiger partial charge in [0.05, 0.1) is 6.26 Å². The van der Waals surface area contributed by atoms with Crippen LogP contribution in [0.2, 0.25) is 0 Å². The summed E-state index contributed by atoms with van der Waals surface area (Å²) in [6.07, 6.45) is 5.53. The second-order valence-electron chi connectivity index (χ2n) is 5.77. The number of amides is 1. The minimum atomic E-state index is -3.11. The zero-order valence-electron chi connectivity index (χ0n) is 11.0. The Bertz CT molecular complexity index is 413. The second kappa shape index (κ2) is 5.17. The molecule has 2 atom stereocenters. The van der Waals surface area contributed by atoms with E-state index in [-0.39, 0.29) is 23.9 Å². The van der Waals surface area contributed by atoms with Crippen molar-refractivity contribution in [1.82, 2.24) is 10.0 Å². The van der Waals surface area contributed by atoms with Crippen LogP contribution < -0.4 is 10.0 Å². The Morgan fingerprint density at radius 2 is 1.61 bits per heavy atom. The van der Waals surface area contributed by atoms with Gasteiger partial charge in [-0.05, 0) is 38.0 Å². The summed E-state index contributed by atoms with van der Waals surface area (Å²) in [5, 5.41) is 3.08. The highest BCUT2D eigenvalue weighted by atomic mass is 32.2. The molecule has 18 heavy (non-hydrogen) atoms. The number of nitrogens with one attached hydrogen (secondary N) is 2. The maximum Gasteiger partial charge on any atom is 0.223 e. The zero-order valence-corrected chi connectivity index (χ0v) is 11.8. The maximum atomic E-state index is 11.8. The van der Waals surface area contributed by atoms with Gasteiger partial charge >= 0.3 is 0 Å². The van der Waals surface area contributed by atoms with E-state index in [0.717, 1.165) is 32.1 Å². The fourth-order valence-corrected chi connectivity index (χ4v) is 3.50. The SMILES string of the molecule is C[C@@H]1C[C@@H]1C(=O)NC1CCC(NS(C)(=O)=O)CC1. The molecule has 2 saturated carbocycles. The van der Waals surface area contributed by atoms with Crippen LogP contribution in [0.15, 0.2) is 0 Å². The van der Waals surface area contributed by atoms with Crippen molar-refractivity contribution >= 4 is 15.9 Å². The molecule has 2 rings (SSSR count). The Kier molecular flexibility index (Phi) is 3.96. The lowest BCUT2D eigenvalue weighted by Gasteiger charge is -2.29. The molecule has 1 amide bonds. The average Bonchev–Trinajstić information content (AvgIpc) is 2.96. The van der Waals surface area contributed by atoms with Crippen LogP contribution in [0.4, 0.5) is 0 Å². The van der Waals surface area contributed by atoms with Gasteiger partial charge in [0.2, 0.25) is 15.9 Å². The van der Waals surface area contributed by atoms with E-state index in [0.29, 0.717) is 5.92 Å². The minimum Gasteiger partial charge on any atom is -0.353 e. The Balaban J connectivity index is 1.72. The second-order valence-corrected chi connectivity index (χ2v) is 7.55. The van der Waals surface area contributed by atoms with Crippen molar-refractivity contribution in [3.05, 3.63) is 0 Å². The lowest BCUT2D eigenvalue weighted by atomic mass is 9.91. The van der Waals surface area contributed by atoms with Crippen LogP contribution in [0.1, 0.15) is 39.0 Å². The summed E-state index contributed by atoms with van der Waals surface area (Å²) in [6, 6.07) is 0.260. The summed E-state index contributed by atoms with van der Waals surface area (Å²) in [5.74, 6) is 0.937. The largest absolute Gasteiger partial charge is 0.353 e. The van der Waals surface area contributed by atoms with Gasteiger partial charge in [-0.15, -0.1) is 0 Å². The smallest absolute Gasteiger partial charge is 0.223 e. The molecule has 0 unspecified atom stereocenters. The third kappa shape index (κ3) is 3.95. The van der Waals surface area contributed by atoms with Crippen LogP contribution >= 0.6 is 0 Å². The molecule has 2 aliphatic carbocycles. The summed E-state index contributed by atoms with van der Waals surface area (Å²) in [7, 11) is -3.11. The molecule has 0 aromatic heterocycles. The quantitative estimate of drug-likeness (QED) is 0.789. The summed E-state index contributed by atoms with van der Waals surface area (Å²) < 4.78 is 24.9. The third-order valence-electron chi connectivity index (χ3n) is 3.90. The van der Waals surface area contributed by atoms with E-state index in [2.05, 4.69) is 17.0 Å². The monoisotopic (exact) mass is 274 g/mol. The maximum absolute atomic E-state index is 11.8. The number of rotatable bonds is 4. The van der Waals surface area contributed by atoms with Crippen molar-refractivity contribution in [2.75, 3.05) is 6.26 Å². The van der Waals surface area contributed by atoms with Crippen LogP contribution in [-0.2, 0) is 14.8 Å². The highest BCUT2D eigenvalue weighted by Crippen LogP contribution is 2.38. The highest BCUT2D eigenvalue weighted by molar-refractivity contribution is 7.88. The Morgan fingerprint density at radius 3 is 2.06 bits per heavy atom. The van der Waals surface area contributed by atoms with E-state index >= 15 is 0 Å². The van der Waals surface area contributed by atoms with Crippen molar-refractivity contribution < 1.29 is 13.2 Å². The molecule has 0 saturated heterocycles. The van der Waals surface area contributed by atoms with Gasteiger partial charge in [0.15, 0.2) is 0 Å². The molecule has 0 aromatic rings. The van der Waals surface area contributed by atoms with E-state index in [1.807, 2.05) is 0 Å². The van der Waals surface area contributed by atoms with Crippen LogP contribution in [0.3, 0.4) is 0 Å². The summed E-state index contributed by atoms with van der Waals surface area (Å²) in [4.78, 5) is 11.8. The Hall–Kier alpha value is -0.620.